The van der Waals surface area contributed by atoms with Crippen molar-refractivity contribution in [2.24, 2.45) is 11.8 Å². The second-order valence-electron chi connectivity index (χ2n) is 10.3. The largest absolute Gasteiger partial charge is 0.491 e. The highest BCUT2D eigenvalue weighted by Gasteiger charge is 2.33. The Morgan fingerprint density at radius 1 is 1.20 bits per heavy atom. The van der Waals surface area contributed by atoms with E-state index in [1.54, 1.807) is 37.3 Å². The summed E-state index contributed by atoms with van der Waals surface area (Å²) in [6.07, 6.45) is 2.56. The fraction of sp³-hybridized carbons (Fsp3) is 0.654. The fourth-order valence-electron chi connectivity index (χ4n) is 4.31. The van der Waals surface area contributed by atoms with Crippen molar-refractivity contribution < 1.29 is 23.9 Å². The number of urea groups is 1. The van der Waals surface area contributed by atoms with Crippen molar-refractivity contribution in [1.82, 2.24) is 15.1 Å². The number of rotatable bonds is 5. The van der Waals surface area contributed by atoms with Gasteiger partial charge in [0.2, 0.25) is 5.91 Å². The molecule has 0 spiro atoms. The van der Waals surface area contributed by atoms with Gasteiger partial charge in [-0.25, -0.2) is 4.79 Å². The standard InChI is InChI=1S/C26H40N4O5/c1-16(2)27-26(33)28-20-9-10-21-22(12-20)35-15-18(4)30(24(31)11-19-7-8-19)13-17(3)23(34-6)14-29(5)25(21)32/h9-10,12,16-19,23H,7-8,11,13-15H2,1-6H3,(H2,27,28,33)/t17-,18-,23+/m1/s1. The Bertz CT molecular complexity index is 917. The summed E-state index contributed by atoms with van der Waals surface area (Å²) in [5, 5.41) is 5.57. The summed E-state index contributed by atoms with van der Waals surface area (Å²) in [7, 11) is 3.37. The van der Waals surface area contributed by atoms with Crippen molar-refractivity contribution in [3.8, 4) is 5.75 Å². The molecule has 9 nitrogen and oxygen atoms in total. The molecule has 1 heterocycles. The highest BCUT2D eigenvalue weighted by atomic mass is 16.5. The van der Waals surface area contributed by atoms with Crippen LogP contribution >= 0.6 is 0 Å². The van der Waals surface area contributed by atoms with E-state index in [1.165, 1.54) is 0 Å². The number of benzene rings is 1. The number of hydrogen-bond acceptors (Lipinski definition) is 5. The maximum absolute atomic E-state index is 13.3. The summed E-state index contributed by atoms with van der Waals surface area (Å²) >= 11 is 0. The maximum Gasteiger partial charge on any atom is 0.319 e. The minimum Gasteiger partial charge on any atom is -0.491 e. The van der Waals surface area contributed by atoms with E-state index in [0.717, 1.165) is 12.8 Å². The highest BCUT2D eigenvalue weighted by Crippen LogP contribution is 2.33. The molecule has 1 saturated carbocycles. The molecule has 3 atom stereocenters. The first-order chi connectivity index (χ1) is 16.6. The third-order valence-electron chi connectivity index (χ3n) is 6.60. The molecule has 0 unspecified atom stereocenters. The first-order valence-corrected chi connectivity index (χ1v) is 12.5. The van der Waals surface area contributed by atoms with E-state index in [1.807, 2.05) is 25.7 Å². The van der Waals surface area contributed by atoms with Crippen LogP contribution in [-0.2, 0) is 9.53 Å². The lowest BCUT2D eigenvalue weighted by atomic mass is 10.0. The zero-order valence-corrected chi connectivity index (χ0v) is 21.8. The van der Waals surface area contributed by atoms with E-state index in [4.69, 9.17) is 9.47 Å². The molecule has 1 aliphatic heterocycles. The Morgan fingerprint density at radius 2 is 1.91 bits per heavy atom. The zero-order valence-electron chi connectivity index (χ0n) is 21.8. The Labute approximate surface area is 208 Å². The molecule has 4 amide bonds. The van der Waals surface area contributed by atoms with Gasteiger partial charge in [0.05, 0.1) is 17.7 Å². The Kier molecular flexibility index (Phi) is 8.99. The molecule has 35 heavy (non-hydrogen) atoms. The minimum absolute atomic E-state index is 0.0121. The van der Waals surface area contributed by atoms with Crippen molar-refractivity contribution in [3.05, 3.63) is 23.8 Å². The molecule has 1 aromatic rings. The summed E-state index contributed by atoms with van der Waals surface area (Å²) in [5.41, 5.74) is 0.913. The van der Waals surface area contributed by atoms with Gasteiger partial charge in [0, 0.05) is 57.4 Å². The van der Waals surface area contributed by atoms with Crippen LogP contribution in [0.3, 0.4) is 0 Å². The van der Waals surface area contributed by atoms with Gasteiger partial charge < -0.3 is 29.9 Å². The summed E-state index contributed by atoms with van der Waals surface area (Å²) in [6.45, 7) is 8.91. The van der Waals surface area contributed by atoms with Crippen molar-refractivity contribution in [1.29, 1.82) is 0 Å². The van der Waals surface area contributed by atoms with Gasteiger partial charge in [0.15, 0.2) is 0 Å². The van der Waals surface area contributed by atoms with Gasteiger partial charge in [0.25, 0.3) is 5.91 Å². The van der Waals surface area contributed by atoms with Gasteiger partial charge in [-0.1, -0.05) is 6.92 Å². The van der Waals surface area contributed by atoms with Crippen LogP contribution in [0.1, 0.15) is 57.3 Å². The number of fused-ring (bicyclic) bond motifs is 1. The number of hydrogen-bond donors (Lipinski definition) is 2. The number of carbonyl (C=O) groups is 3. The number of ether oxygens (including phenoxy) is 2. The summed E-state index contributed by atoms with van der Waals surface area (Å²) in [5.74, 6) is 0.828. The molecule has 1 aliphatic carbocycles. The molecule has 194 valence electrons. The van der Waals surface area contributed by atoms with Crippen LogP contribution in [0.2, 0.25) is 0 Å². The van der Waals surface area contributed by atoms with E-state index in [0.29, 0.717) is 42.4 Å². The molecule has 0 bridgehead atoms. The Balaban J connectivity index is 1.90. The molecule has 3 rings (SSSR count). The van der Waals surface area contributed by atoms with Gasteiger partial charge in [0.1, 0.15) is 12.4 Å². The third-order valence-corrected chi connectivity index (χ3v) is 6.60. The fourth-order valence-corrected chi connectivity index (χ4v) is 4.31. The van der Waals surface area contributed by atoms with Crippen LogP contribution in [0.25, 0.3) is 0 Å². The predicted molar refractivity (Wildman–Crippen MR) is 135 cm³/mol. The van der Waals surface area contributed by atoms with E-state index in [-0.39, 0.29) is 48.6 Å². The molecule has 2 N–H and O–H groups in total. The Hall–Kier alpha value is -2.81. The second-order valence-corrected chi connectivity index (χ2v) is 10.3. The van der Waals surface area contributed by atoms with Gasteiger partial charge in [-0.15, -0.1) is 0 Å². The van der Waals surface area contributed by atoms with Crippen LogP contribution in [-0.4, -0.2) is 79.7 Å². The predicted octanol–water partition coefficient (Wildman–Crippen LogP) is 3.35. The Morgan fingerprint density at radius 3 is 2.54 bits per heavy atom. The number of amides is 4. The van der Waals surface area contributed by atoms with Gasteiger partial charge in [-0.2, -0.15) is 0 Å². The monoisotopic (exact) mass is 488 g/mol. The average Bonchev–Trinajstić information content (AvgIpc) is 3.61. The van der Waals surface area contributed by atoms with Gasteiger partial charge in [-0.05, 0) is 51.7 Å². The number of nitrogens with zero attached hydrogens (tertiary/aromatic N) is 2. The lowest BCUT2D eigenvalue weighted by Crippen LogP contribution is -2.48. The zero-order chi connectivity index (χ0) is 25.7. The summed E-state index contributed by atoms with van der Waals surface area (Å²) in [4.78, 5) is 42.2. The van der Waals surface area contributed by atoms with Crippen molar-refractivity contribution in [2.45, 2.75) is 65.1 Å². The molecule has 1 fully saturated rings. The lowest BCUT2D eigenvalue weighted by molar-refractivity contribution is -0.135. The SMILES string of the molecule is CO[C@H]1CN(C)C(=O)c2ccc(NC(=O)NC(C)C)cc2OC[C@@H](C)N(C(=O)CC2CC2)C[C@H]1C. The molecule has 0 radical (unpaired) electrons. The normalized spacial score (nSPS) is 23.6. The molecule has 0 aromatic heterocycles. The molecule has 1 aromatic carbocycles. The van der Waals surface area contributed by atoms with Gasteiger partial charge >= 0.3 is 6.03 Å². The molecule has 0 saturated heterocycles. The van der Waals surface area contributed by atoms with Crippen molar-refractivity contribution in [3.63, 3.8) is 0 Å². The van der Waals surface area contributed by atoms with Crippen LogP contribution in [0.15, 0.2) is 18.2 Å². The van der Waals surface area contributed by atoms with E-state index >= 15 is 0 Å². The maximum atomic E-state index is 13.3. The topological polar surface area (TPSA) is 100 Å². The molecular weight excluding hydrogens is 448 g/mol. The van der Waals surface area contributed by atoms with Crippen LogP contribution in [0, 0.1) is 11.8 Å². The van der Waals surface area contributed by atoms with Crippen LogP contribution < -0.4 is 15.4 Å². The number of anilines is 1. The van der Waals surface area contributed by atoms with E-state index in [2.05, 4.69) is 17.6 Å². The number of nitrogens with one attached hydrogen (secondary N) is 2. The van der Waals surface area contributed by atoms with E-state index in [9.17, 15) is 14.4 Å². The number of carbonyl (C=O) groups excluding carboxylic acids is 3. The first-order valence-electron chi connectivity index (χ1n) is 12.5. The number of methoxy groups -OCH3 is 1. The van der Waals surface area contributed by atoms with Crippen LogP contribution in [0.4, 0.5) is 10.5 Å². The summed E-state index contributed by atoms with van der Waals surface area (Å²) < 4.78 is 11.9. The molecule has 9 heteroatoms. The quantitative estimate of drug-likeness (QED) is 0.662. The van der Waals surface area contributed by atoms with Crippen molar-refractivity contribution in [2.75, 3.05) is 39.2 Å². The first kappa shape index (κ1) is 26.8. The second kappa shape index (κ2) is 11.7. The summed E-state index contributed by atoms with van der Waals surface area (Å²) in [6, 6.07) is 4.47. The molecule has 2 aliphatic rings. The van der Waals surface area contributed by atoms with E-state index < -0.39 is 0 Å². The van der Waals surface area contributed by atoms with Crippen LogP contribution in [0.5, 0.6) is 5.75 Å². The third kappa shape index (κ3) is 7.34. The minimum atomic E-state index is -0.335. The molecular formula is C26H40N4O5. The van der Waals surface area contributed by atoms with Gasteiger partial charge in [-0.3, -0.25) is 9.59 Å². The van der Waals surface area contributed by atoms with Crippen molar-refractivity contribution >= 4 is 23.5 Å². The number of likely N-dealkylation sites (N-methyl/N-ethyl adjacent to an activating group) is 1. The smallest absolute Gasteiger partial charge is 0.319 e. The average molecular weight is 489 g/mol. The highest BCUT2D eigenvalue weighted by molar-refractivity contribution is 5.98. The lowest BCUT2D eigenvalue weighted by Gasteiger charge is -2.36.